The first-order valence-electron chi connectivity index (χ1n) is 8.61. The fourth-order valence-electron chi connectivity index (χ4n) is 1.99. The number of amides is 1. The van der Waals surface area contributed by atoms with Gasteiger partial charge in [0.15, 0.2) is 0 Å². The van der Waals surface area contributed by atoms with Gasteiger partial charge in [0.05, 0.1) is 0 Å². The van der Waals surface area contributed by atoms with E-state index in [0.29, 0.717) is 12.8 Å². The number of hydrogen-bond donors (Lipinski definition) is 1. The Morgan fingerprint density at radius 2 is 1.84 bits per heavy atom. The number of ether oxygens (including phenoxy) is 1. The number of hydrogen-bond acceptors (Lipinski definition) is 4. The van der Waals surface area contributed by atoms with E-state index in [-0.39, 0.29) is 23.5 Å². The van der Waals surface area contributed by atoms with Gasteiger partial charge in [-0.3, -0.25) is 9.59 Å². The molecule has 1 N–H and O–H groups in total. The molecule has 1 rings (SSSR count). The van der Waals surface area contributed by atoms with Crippen molar-refractivity contribution in [2.45, 2.75) is 65.3 Å². The molecule has 0 atom stereocenters. The van der Waals surface area contributed by atoms with E-state index in [1.807, 2.05) is 18.2 Å². The summed E-state index contributed by atoms with van der Waals surface area (Å²) in [6, 6.07) is 5.87. The van der Waals surface area contributed by atoms with Gasteiger partial charge < -0.3 is 14.5 Å². The highest BCUT2D eigenvalue weighted by atomic mass is 28.4. The highest BCUT2D eigenvalue weighted by Gasteiger charge is 2.39. The summed E-state index contributed by atoms with van der Waals surface area (Å²) in [4.78, 5) is 22.7. The van der Waals surface area contributed by atoms with E-state index in [0.717, 1.165) is 16.9 Å². The number of benzene rings is 1. The van der Waals surface area contributed by atoms with Crippen molar-refractivity contribution in [1.29, 1.82) is 0 Å². The van der Waals surface area contributed by atoms with Crippen molar-refractivity contribution >= 4 is 20.2 Å². The summed E-state index contributed by atoms with van der Waals surface area (Å²) in [5, 5.41) is 2.69. The molecule has 6 heteroatoms. The Balaban J connectivity index is 3.06. The number of aryl methyl sites for hydroxylation is 1. The lowest BCUT2D eigenvalue weighted by molar-refractivity contribution is -0.142. The minimum Gasteiger partial charge on any atom is -0.543 e. The fourth-order valence-corrected chi connectivity index (χ4v) is 3.05. The first kappa shape index (κ1) is 21.2. The molecular formula is C19H31NO4Si. The Morgan fingerprint density at radius 1 is 1.20 bits per heavy atom. The van der Waals surface area contributed by atoms with Crippen molar-refractivity contribution in [2.75, 3.05) is 7.05 Å². The van der Waals surface area contributed by atoms with Gasteiger partial charge in [-0.05, 0) is 42.2 Å². The Bertz CT molecular complexity index is 620. The Labute approximate surface area is 152 Å². The molecule has 140 valence electrons. The van der Waals surface area contributed by atoms with Crippen LogP contribution in [0.3, 0.4) is 0 Å². The zero-order valence-corrected chi connectivity index (χ0v) is 17.5. The van der Waals surface area contributed by atoms with Crippen molar-refractivity contribution in [2.24, 2.45) is 0 Å². The van der Waals surface area contributed by atoms with Crippen molar-refractivity contribution in [3.8, 4) is 5.75 Å². The molecule has 1 aromatic rings. The smallest absolute Gasteiger partial charge is 0.302 e. The van der Waals surface area contributed by atoms with Crippen LogP contribution in [0.15, 0.2) is 18.2 Å². The van der Waals surface area contributed by atoms with E-state index in [1.165, 1.54) is 6.92 Å². The lowest BCUT2D eigenvalue weighted by atomic mass is 10.1. The monoisotopic (exact) mass is 365 g/mol. The van der Waals surface area contributed by atoms with Gasteiger partial charge in [0.1, 0.15) is 12.4 Å². The maximum absolute atomic E-state index is 11.5. The van der Waals surface area contributed by atoms with Crippen LogP contribution in [0.1, 0.15) is 45.2 Å². The van der Waals surface area contributed by atoms with Gasteiger partial charge in [0.25, 0.3) is 0 Å². The predicted octanol–water partition coefficient (Wildman–Crippen LogP) is 3.81. The molecule has 0 aliphatic rings. The van der Waals surface area contributed by atoms with Crippen LogP contribution in [0.2, 0.25) is 18.1 Å². The SMILES string of the molecule is CNC(=O)CCc1ccc(O[Si](C)(C)C(C)(C)C)c(COC(C)=O)c1. The molecule has 25 heavy (non-hydrogen) atoms. The van der Waals surface area contributed by atoms with Crippen molar-refractivity contribution < 1.29 is 18.8 Å². The van der Waals surface area contributed by atoms with Gasteiger partial charge in [0.2, 0.25) is 14.2 Å². The van der Waals surface area contributed by atoms with E-state index in [2.05, 4.69) is 39.2 Å². The molecular weight excluding hydrogens is 334 g/mol. The second kappa shape index (κ2) is 8.51. The third-order valence-corrected chi connectivity index (χ3v) is 8.99. The highest BCUT2D eigenvalue weighted by molar-refractivity contribution is 6.74. The zero-order chi connectivity index (χ0) is 19.3. The average molecular weight is 366 g/mol. The topological polar surface area (TPSA) is 64.6 Å². The molecule has 0 unspecified atom stereocenters. The normalized spacial score (nSPS) is 11.8. The molecule has 0 heterocycles. The molecule has 1 amide bonds. The third-order valence-electron chi connectivity index (χ3n) is 4.65. The number of carbonyl (C=O) groups excluding carboxylic acids is 2. The average Bonchev–Trinajstić information content (AvgIpc) is 2.50. The number of carbonyl (C=O) groups is 2. The number of esters is 1. The second-order valence-corrected chi connectivity index (χ2v) is 12.5. The van der Waals surface area contributed by atoms with Crippen LogP contribution in [-0.2, 0) is 27.4 Å². The van der Waals surface area contributed by atoms with Crippen LogP contribution in [0.4, 0.5) is 0 Å². The van der Waals surface area contributed by atoms with Crippen LogP contribution in [0, 0.1) is 0 Å². The van der Waals surface area contributed by atoms with Crippen molar-refractivity contribution in [3.63, 3.8) is 0 Å². The van der Waals surface area contributed by atoms with Gasteiger partial charge >= 0.3 is 5.97 Å². The Morgan fingerprint density at radius 3 is 2.36 bits per heavy atom. The van der Waals surface area contributed by atoms with Gasteiger partial charge in [-0.15, -0.1) is 0 Å². The minimum atomic E-state index is -2.00. The van der Waals surface area contributed by atoms with Crippen LogP contribution in [0.5, 0.6) is 5.75 Å². The van der Waals surface area contributed by atoms with Crippen LogP contribution in [0.25, 0.3) is 0 Å². The first-order chi connectivity index (χ1) is 11.5. The van der Waals surface area contributed by atoms with Gasteiger partial charge in [0, 0.05) is 26.0 Å². The van der Waals surface area contributed by atoms with Crippen LogP contribution < -0.4 is 9.74 Å². The second-order valence-electron chi connectivity index (χ2n) is 7.76. The molecule has 5 nitrogen and oxygen atoms in total. The van der Waals surface area contributed by atoms with E-state index >= 15 is 0 Å². The maximum Gasteiger partial charge on any atom is 0.302 e. The van der Waals surface area contributed by atoms with Crippen molar-refractivity contribution in [1.82, 2.24) is 5.32 Å². The molecule has 0 aliphatic carbocycles. The minimum absolute atomic E-state index is 0.00290. The van der Waals surface area contributed by atoms with Crippen molar-refractivity contribution in [3.05, 3.63) is 29.3 Å². The molecule has 0 bridgehead atoms. The summed E-state index contributed by atoms with van der Waals surface area (Å²) in [5.41, 5.74) is 1.86. The molecule has 0 saturated heterocycles. The lowest BCUT2D eigenvalue weighted by Gasteiger charge is -2.37. The molecule has 1 aromatic carbocycles. The fraction of sp³-hybridized carbons (Fsp3) is 0.579. The molecule has 0 aromatic heterocycles. The van der Waals surface area contributed by atoms with E-state index < -0.39 is 8.32 Å². The van der Waals surface area contributed by atoms with Gasteiger partial charge in [-0.2, -0.15) is 0 Å². The van der Waals surface area contributed by atoms with Gasteiger partial charge in [-0.1, -0.05) is 26.8 Å². The van der Waals surface area contributed by atoms with E-state index in [1.54, 1.807) is 7.05 Å². The first-order valence-corrected chi connectivity index (χ1v) is 11.5. The van der Waals surface area contributed by atoms with Crippen LogP contribution in [-0.4, -0.2) is 27.2 Å². The maximum atomic E-state index is 11.5. The molecule has 0 fully saturated rings. The highest BCUT2D eigenvalue weighted by Crippen LogP contribution is 2.38. The van der Waals surface area contributed by atoms with Crippen LogP contribution >= 0.6 is 0 Å². The number of rotatable bonds is 7. The Hall–Kier alpha value is -1.82. The molecule has 0 spiro atoms. The van der Waals surface area contributed by atoms with E-state index in [4.69, 9.17) is 9.16 Å². The quantitative estimate of drug-likeness (QED) is 0.589. The molecule has 0 saturated carbocycles. The largest absolute Gasteiger partial charge is 0.543 e. The summed E-state index contributed by atoms with van der Waals surface area (Å²) in [6.45, 7) is 12.5. The van der Waals surface area contributed by atoms with Gasteiger partial charge in [-0.25, -0.2) is 0 Å². The Kier molecular flexibility index (Phi) is 7.23. The molecule has 0 radical (unpaired) electrons. The summed E-state index contributed by atoms with van der Waals surface area (Å²) in [6.07, 6.45) is 1.05. The summed E-state index contributed by atoms with van der Waals surface area (Å²) in [5.74, 6) is 0.439. The van der Waals surface area contributed by atoms with E-state index in [9.17, 15) is 9.59 Å². The predicted molar refractivity (Wildman–Crippen MR) is 102 cm³/mol. The lowest BCUT2D eigenvalue weighted by Crippen LogP contribution is -2.44. The summed E-state index contributed by atoms with van der Waals surface area (Å²) in [7, 11) is -0.368. The summed E-state index contributed by atoms with van der Waals surface area (Å²) < 4.78 is 11.6. The molecule has 0 aliphatic heterocycles. The standard InChI is InChI=1S/C19H31NO4Si/c1-14(21)23-13-16-12-15(9-11-18(22)20-5)8-10-17(16)24-25(6,7)19(2,3)4/h8,10,12H,9,11,13H2,1-7H3,(H,20,22). The summed E-state index contributed by atoms with van der Waals surface area (Å²) >= 11 is 0. The third kappa shape index (κ3) is 6.53. The zero-order valence-electron chi connectivity index (χ0n) is 16.5. The number of nitrogens with one attached hydrogen (secondary N) is 1.